The fourth-order valence-corrected chi connectivity index (χ4v) is 5.00. The van der Waals surface area contributed by atoms with Crippen LogP contribution in [0.1, 0.15) is 37.0 Å². The summed E-state index contributed by atoms with van der Waals surface area (Å²) in [6.07, 6.45) is 8.84. The van der Waals surface area contributed by atoms with E-state index in [-0.39, 0.29) is 6.03 Å². The van der Waals surface area contributed by atoms with Crippen LogP contribution in [0.25, 0.3) is 0 Å². The van der Waals surface area contributed by atoms with Crippen LogP contribution >= 0.6 is 11.3 Å². The Morgan fingerprint density at radius 2 is 1.72 bits per heavy atom. The molecule has 1 N–H and O–H groups in total. The van der Waals surface area contributed by atoms with Crippen LogP contribution in [0.2, 0.25) is 0 Å². The van der Waals surface area contributed by atoms with Gasteiger partial charge in [0.2, 0.25) is 0 Å². The third-order valence-corrected chi connectivity index (χ3v) is 6.77. The summed E-state index contributed by atoms with van der Waals surface area (Å²) in [7, 11) is 0. The first kappa shape index (κ1) is 17.2. The van der Waals surface area contributed by atoms with Crippen molar-refractivity contribution in [3.05, 3.63) is 11.1 Å². The third kappa shape index (κ3) is 3.99. The molecule has 2 aliphatic heterocycles. The zero-order valence-electron chi connectivity index (χ0n) is 15.1. The van der Waals surface area contributed by atoms with E-state index in [0.29, 0.717) is 11.2 Å². The molecule has 0 atom stereocenters. The van der Waals surface area contributed by atoms with Gasteiger partial charge in [0.25, 0.3) is 0 Å². The van der Waals surface area contributed by atoms with Crippen LogP contribution in [0, 0.1) is 6.92 Å². The normalized spacial score (nSPS) is 24.3. The molecule has 3 heterocycles. The molecule has 3 aliphatic rings. The standard InChI is InChI=1S/C18H29N5OS/c1-14-11-19-17(25-14)20-18(24)23-12-16(13-23)22-9-7-21(8-10-22)15-5-3-2-4-6-15/h11,15-16H,2-10,12-13H2,1H3,(H,19,20,24). The summed E-state index contributed by atoms with van der Waals surface area (Å²) in [5.74, 6) is 0. The number of aryl methyl sites for hydroxylation is 1. The first-order chi connectivity index (χ1) is 12.2. The van der Waals surface area contributed by atoms with Gasteiger partial charge in [0.05, 0.1) is 0 Å². The molecule has 0 radical (unpaired) electrons. The second-order valence-corrected chi connectivity index (χ2v) is 8.86. The van der Waals surface area contributed by atoms with Gasteiger partial charge in [-0.2, -0.15) is 0 Å². The van der Waals surface area contributed by atoms with Crippen LogP contribution in [0.5, 0.6) is 0 Å². The van der Waals surface area contributed by atoms with Crippen LogP contribution in [0.4, 0.5) is 9.93 Å². The molecule has 1 aliphatic carbocycles. The number of hydrogen-bond donors (Lipinski definition) is 1. The van der Waals surface area contributed by atoms with E-state index >= 15 is 0 Å². The topological polar surface area (TPSA) is 51.7 Å². The summed E-state index contributed by atoms with van der Waals surface area (Å²) in [5.41, 5.74) is 0. The summed E-state index contributed by atoms with van der Waals surface area (Å²) in [6, 6.07) is 1.37. The number of rotatable bonds is 3. The number of likely N-dealkylation sites (tertiary alicyclic amines) is 1. The van der Waals surface area contributed by atoms with E-state index in [2.05, 4.69) is 20.1 Å². The fraction of sp³-hybridized carbons (Fsp3) is 0.778. The molecule has 4 rings (SSSR count). The summed E-state index contributed by atoms with van der Waals surface area (Å²) in [4.78, 5) is 24.8. The second kappa shape index (κ2) is 7.60. The van der Waals surface area contributed by atoms with Crippen molar-refractivity contribution in [2.24, 2.45) is 0 Å². The van der Waals surface area contributed by atoms with Crippen LogP contribution < -0.4 is 5.32 Å². The number of amides is 2. The number of carbonyl (C=O) groups is 1. The van der Waals surface area contributed by atoms with Crippen molar-refractivity contribution in [1.82, 2.24) is 19.7 Å². The zero-order chi connectivity index (χ0) is 17.2. The van der Waals surface area contributed by atoms with Gasteiger partial charge in [0.15, 0.2) is 5.13 Å². The van der Waals surface area contributed by atoms with Crippen LogP contribution in [0.15, 0.2) is 6.20 Å². The van der Waals surface area contributed by atoms with Crippen molar-refractivity contribution in [1.29, 1.82) is 0 Å². The Morgan fingerprint density at radius 3 is 2.32 bits per heavy atom. The van der Waals surface area contributed by atoms with Gasteiger partial charge < -0.3 is 4.90 Å². The molecule has 0 aromatic carbocycles. The highest BCUT2D eigenvalue weighted by Crippen LogP contribution is 2.25. The van der Waals surface area contributed by atoms with E-state index in [1.807, 2.05) is 11.8 Å². The average molecular weight is 364 g/mol. The number of aromatic nitrogens is 1. The number of thiazole rings is 1. The lowest BCUT2D eigenvalue weighted by Crippen LogP contribution is -2.65. The van der Waals surface area contributed by atoms with Gasteiger partial charge in [-0.3, -0.25) is 15.1 Å². The predicted octanol–water partition coefficient (Wildman–Crippen LogP) is 2.62. The minimum absolute atomic E-state index is 0.00792. The monoisotopic (exact) mass is 363 g/mol. The lowest BCUT2D eigenvalue weighted by atomic mass is 9.93. The molecule has 2 saturated heterocycles. The van der Waals surface area contributed by atoms with Gasteiger partial charge in [-0.1, -0.05) is 19.3 Å². The summed E-state index contributed by atoms with van der Waals surface area (Å²) in [6.45, 7) is 8.40. The molecule has 0 spiro atoms. The Morgan fingerprint density at radius 1 is 1.08 bits per heavy atom. The summed E-state index contributed by atoms with van der Waals surface area (Å²) >= 11 is 1.52. The molecule has 3 fully saturated rings. The first-order valence-corrected chi connectivity index (χ1v) is 10.5. The number of nitrogens with one attached hydrogen (secondary N) is 1. The van der Waals surface area contributed by atoms with Gasteiger partial charge in [-0.25, -0.2) is 9.78 Å². The van der Waals surface area contributed by atoms with Gasteiger partial charge >= 0.3 is 6.03 Å². The van der Waals surface area contributed by atoms with Gasteiger partial charge in [0, 0.05) is 62.4 Å². The maximum absolute atomic E-state index is 12.2. The molecule has 138 valence electrons. The number of anilines is 1. The molecule has 1 aromatic rings. The Hall–Kier alpha value is -1.18. The molecule has 1 aromatic heterocycles. The first-order valence-electron chi connectivity index (χ1n) is 9.65. The van der Waals surface area contributed by atoms with Crippen LogP contribution in [-0.4, -0.2) is 77.1 Å². The molecule has 6 nitrogen and oxygen atoms in total. The molecule has 7 heteroatoms. The largest absolute Gasteiger partial charge is 0.323 e. The Bertz CT molecular complexity index is 586. The lowest BCUT2D eigenvalue weighted by molar-refractivity contribution is 0.00969. The van der Waals surface area contributed by atoms with E-state index in [0.717, 1.165) is 37.1 Å². The van der Waals surface area contributed by atoms with Crippen LogP contribution in [0.3, 0.4) is 0 Å². The lowest BCUT2D eigenvalue weighted by Gasteiger charge is -2.49. The molecule has 0 bridgehead atoms. The Balaban J connectivity index is 1.19. The van der Waals surface area contributed by atoms with Crippen molar-refractivity contribution in [2.75, 3.05) is 44.6 Å². The zero-order valence-corrected chi connectivity index (χ0v) is 15.9. The van der Waals surface area contributed by atoms with Crippen molar-refractivity contribution < 1.29 is 4.79 Å². The molecule has 2 amide bonds. The quantitative estimate of drug-likeness (QED) is 0.897. The van der Waals surface area contributed by atoms with Crippen molar-refractivity contribution in [2.45, 2.75) is 51.1 Å². The second-order valence-electron chi connectivity index (χ2n) is 7.63. The number of carbonyl (C=O) groups excluding carboxylic acids is 1. The summed E-state index contributed by atoms with van der Waals surface area (Å²) in [5, 5.41) is 3.61. The summed E-state index contributed by atoms with van der Waals surface area (Å²) < 4.78 is 0. The number of urea groups is 1. The number of nitrogens with zero attached hydrogens (tertiary/aromatic N) is 4. The van der Waals surface area contributed by atoms with Crippen LogP contribution in [-0.2, 0) is 0 Å². The highest BCUT2D eigenvalue weighted by molar-refractivity contribution is 7.15. The SMILES string of the molecule is Cc1cnc(NC(=O)N2CC(N3CCN(C4CCCCC4)CC3)C2)s1. The van der Waals surface area contributed by atoms with Crippen molar-refractivity contribution in [3.63, 3.8) is 0 Å². The maximum Gasteiger partial charge on any atom is 0.323 e. The molecule has 0 unspecified atom stereocenters. The predicted molar refractivity (Wildman–Crippen MR) is 101 cm³/mol. The molecular weight excluding hydrogens is 334 g/mol. The highest BCUT2D eigenvalue weighted by Gasteiger charge is 2.37. The average Bonchev–Trinajstić information content (AvgIpc) is 3.00. The number of piperazine rings is 1. The van der Waals surface area contributed by atoms with Crippen molar-refractivity contribution >= 4 is 22.5 Å². The van der Waals surface area contributed by atoms with E-state index in [9.17, 15) is 4.79 Å². The van der Waals surface area contributed by atoms with Crippen molar-refractivity contribution in [3.8, 4) is 0 Å². The third-order valence-electron chi connectivity index (χ3n) is 5.94. The van der Waals surface area contributed by atoms with E-state index < -0.39 is 0 Å². The van der Waals surface area contributed by atoms with Gasteiger partial charge in [-0.05, 0) is 19.8 Å². The maximum atomic E-state index is 12.2. The minimum atomic E-state index is -0.00792. The smallest absolute Gasteiger partial charge is 0.321 e. The van der Waals surface area contributed by atoms with Gasteiger partial charge in [-0.15, -0.1) is 11.3 Å². The fourth-order valence-electron chi connectivity index (χ4n) is 4.35. The van der Waals surface area contributed by atoms with E-state index in [1.165, 1.54) is 56.5 Å². The Kier molecular flexibility index (Phi) is 5.24. The highest BCUT2D eigenvalue weighted by atomic mass is 32.1. The molecule has 1 saturated carbocycles. The van der Waals surface area contributed by atoms with E-state index in [4.69, 9.17) is 0 Å². The Labute approximate surface area is 154 Å². The van der Waals surface area contributed by atoms with E-state index in [1.54, 1.807) is 6.20 Å². The van der Waals surface area contributed by atoms with Gasteiger partial charge in [0.1, 0.15) is 0 Å². The molecular formula is C18H29N5OS. The number of hydrogen-bond acceptors (Lipinski definition) is 5. The molecule has 25 heavy (non-hydrogen) atoms. The minimum Gasteiger partial charge on any atom is -0.321 e.